The van der Waals surface area contributed by atoms with Crippen molar-refractivity contribution in [2.45, 2.75) is 37.9 Å². The van der Waals surface area contributed by atoms with E-state index in [0.29, 0.717) is 10.6 Å². The molecule has 0 spiro atoms. The molecule has 0 amide bonds. The molecule has 12 nitrogen and oxygen atoms in total. The molecule has 1 aromatic carbocycles. The second-order valence-electron chi connectivity index (χ2n) is 7.90. The molecule has 1 fully saturated rings. The zero-order valence-corrected chi connectivity index (χ0v) is 21.9. The molecular weight excluding hydrogens is 532 g/mol. The van der Waals surface area contributed by atoms with Crippen LogP contribution < -0.4 is 0 Å². The van der Waals surface area contributed by atoms with E-state index in [1.807, 2.05) is 0 Å². The largest absolute Gasteiger partial charge is 0.469 e. The van der Waals surface area contributed by atoms with Crippen LogP contribution in [0.15, 0.2) is 24.3 Å². The zero-order chi connectivity index (χ0) is 26.4. The van der Waals surface area contributed by atoms with Crippen LogP contribution in [0.2, 0.25) is 5.02 Å². The summed E-state index contributed by atoms with van der Waals surface area (Å²) in [7, 11) is -6.93. The first-order chi connectivity index (χ1) is 16.1. The second kappa shape index (κ2) is 12.0. The number of esters is 2. The fourth-order valence-electron chi connectivity index (χ4n) is 3.40. The molecule has 1 aliphatic rings. The van der Waals surface area contributed by atoms with Gasteiger partial charge in [0.25, 0.3) is 20.2 Å². The summed E-state index contributed by atoms with van der Waals surface area (Å²) in [6.07, 6.45) is -1.49. The first-order valence-corrected chi connectivity index (χ1v) is 14.1. The Morgan fingerprint density at radius 2 is 1.57 bits per heavy atom. The smallest absolute Gasteiger partial charge is 0.306 e. The van der Waals surface area contributed by atoms with E-state index in [1.165, 1.54) is 0 Å². The lowest BCUT2D eigenvalue weighted by molar-refractivity contribution is -0.206. The molecule has 198 valence electrons. The van der Waals surface area contributed by atoms with E-state index in [4.69, 9.17) is 38.9 Å². The van der Waals surface area contributed by atoms with E-state index >= 15 is 0 Å². The highest BCUT2D eigenvalue weighted by Gasteiger charge is 2.59. The highest BCUT2D eigenvalue weighted by atomic mass is 35.5. The minimum Gasteiger partial charge on any atom is -0.469 e. The Kier molecular flexibility index (Phi) is 10.0. The Hall–Kier alpha value is -1.81. The zero-order valence-electron chi connectivity index (χ0n) is 19.5. The fraction of sp³-hybridized carbons (Fsp3) is 0.600. The maximum absolute atomic E-state index is 12.2. The summed E-state index contributed by atoms with van der Waals surface area (Å²) in [5.74, 6) is -2.52. The normalized spacial score (nSPS) is 22.0. The van der Waals surface area contributed by atoms with Gasteiger partial charge in [-0.25, -0.2) is 0 Å². The Bertz CT molecular complexity index is 1070. The van der Waals surface area contributed by atoms with E-state index in [9.17, 15) is 26.4 Å². The molecule has 0 radical (unpaired) electrons. The molecule has 1 saturated heterocycles. The van der Waals surface area contributed by atoms with Crippen LogP contribution in [0, 0.1) is 5.92 Å². The van der Waals surface area contributed by atoms with Crippen molar-refractivity contribution in [2.75, 3.05) is 32.8 Å². The lowest BCUT2D eigenvalue weighted by Gasteiger charge is -2.33. The monoisotopic (exact) mass is 558 g/mol. The quantitative estimate of drug-likeness (QED) is 0.265. The number of halogens is 1. The van der Waals surface area contributed by atoms with E-state index in [0.717, 1.165) is 26.5 Å². The number of rotatable bonds is 12. The van der Waals surface area contributed by atoms with Crippen LogP contribution in [0.5, 0.6) is 0 Å². The number of hydrogen-bond acceptors (Lipinski definition) is 12. The Morgan fingerprint density at radius 1 is 1.03 bits per heavy atom. The van der Waals surface area contributed by atoms with Crippen molar-refractivity contribution in [1.82, 2.24) is 0 Å². The first kappa shape index (κ1) is 29.4. The van der Waals surface area contributed by atoms with Gasteiger partial charge in [0.1, 0.15) is 24.9 Å². The average molecular weight is 559 g/mol. The van der Waals surface area contributed by atoms with E-state index < -0.39 is 69.3 Å². The number of benzene rings is 1. The van der Waals surface area contributed by atoms with Gasteiger partial charge >= 0.3 is 11.9 Å². The fourth-order valence-corrected chi connectivity index (χ4v) is 4.36. The molecule has 3 atom stereocenters. The summed E-state index contributed by atoms with van der Waals surface area (Å²) >= 11 is 5.91. The summed E-state index contributed by atoms with van der Waals surface area (Å²) < 4.78 is 78.7. The number of hydrogen-bond donors (Lipinski definition) is 0. The average Bonchev–Trinajstić information content (AvgIpc) is 3.01. The van der Waals surface area contributed by atoms with Gasteiger partial charge in [0.05, 0.1) is 38.6 Å². The Morgan fingerprint density at radius 3 is 2.03 bits per heavy atom. The predicted octanol–water partition coefficient (Wildman–Crippen LogP) is 1.02. The van der Waals surface area contributed by atoms with Crippen LogP contribution in [-0.4, -0.2) is 79.6 Å². The van der Waals surface area contributed by atoms with Crippen molar-refractivity contribution in [3.63, 3.8) is 0 Å². The molecule has 0 aliphatic carbocycles. The maximum atomic E-state index is 12.2. The third-order valence-corrected chi connectivity index (χ3v) is 6.24. The molecule has 15 heteroatoms. The molecule has 0 bridgehead atoms. The molecular formula is C20H27ClO12S2. The topological polar surface area (TPSA) is 158 Å². The highest BCUT2D eigenvalue weighted by Crippen LogP contribution is 2.42. The molecule has 35 heavy (non-hydrogen) atoms. The lowest BCUT2D eigenvalue weighted by atomic mass is 9.88. The van der Waals surface area contributed by atoms with Crippen molar-refractivity contribution in [3.05, 3.63) is 34.9 Å². The van der Waals surface area contributed by atoms with Crippen LogP contribution in [0.3, 0.4) is 0 Å². The third kappa shape index (κ3) is 9.29. The SMILES string of the molecule is COC(=O)C[C@H]1C(OC(C)=O)OC(COS(C)(=O)=O)(COS(C)(=O)=O)[C@H]1OCc1ccc(Cl)cc1. The molecule has 0 aromatic heterocycles. The van der Waals surface area contributed by atoms with Crippen molar-refractivity contribution in [2.24, 2.45) is 5.92 Å². The van der Waals surface area contributed by atoms with Crippen molar-refractivity contribution >= 4 is 43.8 Å². The number of methoxy groups -OCH3 is 1. The summed E-state index contributed by atoms with van der Waals surface area (Å²) in [5.41, 5.74) is -1.28. The van der Waals surface area contributed by atoms with Crippen molar-refractivity contribution in [3.8, 4) is 0 Å². The molecule has 0 saturated carbocycles. The second-order valence-corrected chi connectivity index (χ2v) is 11.6. The first-order valence-electron chi connectivity index (χ1n) is 10.1. The van der Waals surface area contributed by atoms with Gasteiger partial charge in [-0.2, -0.15) is 16.8 Å². The summed E-state index contributed by atoms with van der Waals surface area (Å²) in [5, 5.41) is 0.480. The van der Waals surface area contributed by atoms with Gasteiger partial charge in [-0.15, -0.1) is 0 Å². The molecule has 1 aromatic rings. The van der Waals surface area contributed by atoms with E-state index in [2.05, 4.69) is 0 Å². The predicted molar refractivity (Wildman–Crippen MR) is 121 cm³/mol. The molecule has 1 aliphatic heterocycles. The standard InChI is InChI=1S/C20H27ClO12S2/c1-13(22)32-19-16(9-17(23)28-2)18(29-10-14-5-7-15(21)8-6-14)20(33-19,11-30-34(3,24)25)12-31-35(4,26)27/h5-8,16,18-19H,9-12H2,1-4H3/t16-,18+,19?/m1/s1. The minimum absolute atomic E-state index is 0.0881. The van der Waals surface area contributed by atoms with Crippen molar-refractivity contribution < 1.29 is 53.7 Å². The molecule has 0 N–H and O–H groups in total. The van der Waals surface area contributed by atoms with Crippen LogP contribution in [-0.2, 0) is 63.7 Å². The maximum Gasteiger partial charge on any atom is 0.306 e. The number of carbonyl (C=O) groups excluding carboxylic acids is 2. The van der Waals surface area contributed by atoms with Gasteiger partial charge in [0, 0.05) is 11.9 Å². The van der Waals surface area contributed by atoms with Gasteiger partial charge in [0.2, 0.25) is 6.29 Å². The van der Waals surface area contributed by atoms with Gasteiger partial charge in [-0.1, -0.05) is 23.7 Å². The van der Waals surface area contributed by atoms with E-state index in [1.54, 1.807) is 24.3 Å². The molecule has 1 unspecified atom stereocenters. The summed E-state index contributed by atoms with van der Waals surface area (Å²) in [6.45, 7) is -0.512. The van der Waals surface area contributed by atoms with Crippen LogP contribution >= 0.6 is 11.6 Å². The van der Waals surface area contributed by atoms with Crippen LogP contribution in [0.4, 0.5) is 0 Å². The minimum atomic E-state index is -4.04. The Labute approximate surface area is 209 Å². The Balaban J connectivity index is 2.52. The molecule has 2 rings (SSSR count). The number of carbonyl (C=O) groups is 2. The van der Waals surface area contributed by atoms with E-state index in [-0.39, 0.29) is 13.0 Å². The van der Waals surface area contributed by atoms with Crippen molar-refractivity contribution in [1.29, 1.82) is 0 Å². The molecule has 1 heterocycles. The van der Waals surface area contributed by atoms with Gasteiger partial charge < -0.3 is 18.9 Å². The number of ether oxygens (including phenoxy) is 4. The van der Waals surface area contributed by atoms with Gasteiger partial charge in [0.15, 0.2) is 0 Å². The third-order valence-electron chi connectivity index (χ3n) is 4.90. The van der Waals surface area contributed by atoms with Gasteiger partial charge in [-0.3, -0.25) is 18.0 Å². The summed E-state index contributed by atoms with van der Waals surface area (Å²) in [4.78, 5) is 23.9. The van der Waals surface area contributed by atoms with Crippen LogP contribution in [0.25, 0.3) is 0 Å². The summed E-state index contributed by atoms with van der Waals surface area (Å²) in [6, 6.07) is 6.56. The highest BCUT2D eigenvalue weighted by molar-refractivity contribution is 7.86. The van der Waals surface area contributed by atoms with Gasteiger partial charge in [-0.05, 0) is 17.7 Å². The lowest BCUT2D eigenvalue weighted by Crippen LogP contribution is -2.51. The van der Waals surface area contributed by atoms with Crippen LogP contribution in [0.1, 0.15) is 18.9 Å².